The van der Waals surface area contributed by atoms with Crippen LogP contribution in [0, 0.1) is 6.92 Å². The minimum Gasteiger partial charge on any atom is -0.469 e. The third-order valence-electron chi connectivity index (χ3n) is 3.87. The Labute approximate surface area is 170 Å². The molecule has 1 aromatic carbocycles. The maximum Gasteiger partial charge on any atom is 0.338 e. The summed E-state index contributed by atoms with van der Waals surface area (Å²) < 4.78 is 11.3. The van der Waals surface area contributed by atoms with Crippen LogP contribution in [0.15, 0.2) is 41.9 Å². The molecule has 3 rings (SSSR count). The molecule has 0 unspecified atom stereocenters. The zero-order valence-electron chi connectivity index (χ0n) is 15.7. The van der Waals surface area contributed by atoms with E-state index in [4.69, 9.17) is 4.74 Å². The first-order chi connectivity index (χ1) is 14.0. The van der Waals surface area contributed by atoms with Gasteiger partial charge >= 0.3 is 11.9 Å². The molecule has 0 radical (unpaired) electrons. The van der Waals surface area contributed by atoms with Crippen LogP contribution in [-0.2, 0) is 25.5 Å². The number of amides is 1. The molecule has 0 aliphatic carbocycles. The summed E-state index contributed by atoms with van der Waals surface area (Å²) >= 11 is 1.16. The summed E-state index contributed by atoms with van der Waals surface area (Å²) in [5.41, 5.74) is 2.59. The lowest BCUT2D eigenvalue weighted by molar-refractivity contribution is -0.139. The maximum atomic E-state index is 12.1. The maximum absolute atomic E-state index is 12.1. The molecule has 2 aromatic heterocycles. The molecule has 0 fully saturated rings. The zero-order valence-corrected chi connectivity index (χ0v) is 16.6. The molecular formula is C19H18N4O5S. The van der Waals surface area contributed by atoms with Crippen LogP contribution in [0.5, 0.6) is 0 Å². The van der Waals surface area contributed by atoms with Gasteiger partial charge in [-0.25, -0.2) is 14.5 Å². The Kier molecular flexibility index (Phi) is 6.35. The molecule has 3 aromatic rings. The second-order valence-electron chi connectivity index (χ2n) is 5.95. The average molecular weight is 414 g/mol. The first-order valence-corrected chi connectivity index (χ1v) is 9.43. The van der Waals surface area contributed by atoms with E-state index in [0.29, 0.717) is 16.4 Å². The van der Waals surface area contributed by atoms with Crippen LogP contribution in [0.1, 0.15) is 21.7 Å². The summed E-state index contributed by atoms with van der Waals surface area (Å²) in [5, 5.41) is 8.67. The van der Waals surface area contributed by atoms with Crippen LogP contribution in [0.4, 0.5) is 5.13 Å². The highest BCUT2D eigenvalue weighted by atomic mass is 32.1. The van der Waals surface area contributed by atoms with Gasteiger partial charge in [0.1, 0.15) is 0 Å². The van der Waals surface area contributed by atoms with E-state index in [1.165, 1.54) is 7.11 Å². The van der Waals surface area contributed by atoms with Gasteiger partial charge in [-0.3, -0.25) is 14.9 Å². The van der Waals surface area contributed by atoms with E-state index in [0.717, 1.165) is 22.7 Å². The van der Waals surface area contributed by atoms with Gasteiger partial charge in [-0.05, 0) is 37.3 Å². The van der Waals surface area contributed by atoms with Crippen molar-refractivity contribution in [3.63, 3.8) is 0 Å². The van der Waals surface area contributed by atoms with Crippen molar-refractivity contribution in [3.8, 4) is 5.69 Å². The summed E-state index contributed by atoms with van der Waals surface area (Å²) in [5.74, 6) is -1.56. The largest absolute Gasteiger partial charge is 0.469 e. The number of rotatable bonds is 7. The van der Waals surface area contributed by atoms with Crippen molar-refractivity contribution in [2.24, 2.45) is 0 Å². The SMILES string of the molecule is COC(=O)Cc1csc(NC(=O)COC(=O)c2ccc(-n3nccc3C)cc2)n1. The summed E-state index contributed by atoms with van der Waals surface area (Å²) in [6.07, 6.45) is 1.71. The van der Waals surface area contributed by atoms with Crippen LogP contribution in [0.2, 0.25) is 0 Å². The number of nitrogens with zero attached hydrogens (tertiary/aromatic N) is 3. The molecule has 9 nitrogen and oxygen atoms in total. The number of benzene rings is 1. The minimum atomic E-state index is -0.616. The molecule has 0 aliphatic rings. The van der Waals surface area contributed by atoms with Gasteiger partial charge in [0.05, 0.1) is 30.5 Å². The number of esters is 2. The Bertz CT molecular complexity index is 1030. The summed E-state index contributed by atoms with van der Waals surface area (Å²) in [6.45, 7) is 1.47. The van der Waals surface area contributed by atoms with Crippen LogP contribution in [0.3, 0.4) is 0 Å². The topological polar surface area (TPSA) is 112 Å². The summed E-state index contributed by atoms with van der Waals surface area (Å²) in [6, 6.07) is 8.58. The first kappa shape index (κ1) is 20.2. The van der Waals surface area contributed by atoms with E-state index in [1.54, 1.807) is 40.5 Å². The van der Waals surface area contributed by atoms with E-state index >= 15 is 0 Å². The second kappa shape index (κ2) is 9.11. The number of hydrogen-bond acceptors (Lipinski definition) is 8. The van der Waals surface area contributed by atoms with Gasteiger partial charge in [-0.1, -0.05) is 0 Å². The minimum absolute atomic E-state index is 0.0197. The number of hydrogen-bond donors (Lipinski definition) is 1. The van der Waals surface area contributed by atoms with Gasteiger partial charge in [0, 0.05) is 17.3 Å². The van der Waals surface area contributed by atoms with E-state index < -0.39 is 24.5 Å². The third kappa shape index (κ3) is 5.26. The highest BCUT2D eigenvalue weighted by Crippen LogP contribution is 2.16. The second-order valence-corrected chi connectivity index (χ2v) is 6.81. The Morgan fingerprint density at radius 2 is 1.93 bits per heavy atom. The Balaban J connectivity index is 1.50. The zero-order chi connectivity index (χ0) is 20.8. The van der Waals surface area contributed by atoms with E-state index in [-0.39, 0.29) is 6.42 Å². The average Bonchev–Trinajstić information content (AvgIpc) is 3.34. The van der Waals surface area contributed by atoms with Crippen LogP contribution < -0.4 is 5.32 Å². The van der Waals surface area contributed by atoms with Crippen molar-refractivity contribution in [3.05, 3.63) is 58.9 Å². The van der Waals surface area contributed by atoms with Crippen molar-refractivity contribution >= 4 is 34.3 Å². The van der Waals surface area contributed by atoms with Gasteiger partial charge in [0.2, 0.25) is 0 Å². The first-order valence-electron chi connectivity index (χ1n) is 8.55. The van der Waals surface area contributed by atoms with Crippen molar-refractivity contribution < 1.29 is 23.9 Å². The van der Waals surface area contributed by atoms with Crippen molar-refractivity contribution in [2.45, 2.75) is 13.3 Å². The molecule has 0 saturated heterocycles. The standard InChI is InChI=1S/C19H18N4O5S/c1-12-7-8-20-23(12)15-5-3-13(4-6-15)18(26)28-10-16(24)22-19-21-14(11-29-19)9-17(25)27-2/h3-8,11H,9-10H2,1-2H3,(H,21,22,24). The van der Waals surface area contributed by atoms with Crippen LogP contribution >= 0.6 is 11.3 Å². The number of anilines is 1. The number of thiazole rings is 1. The lowest BCUT2D eigenvalue weighted by Gasteiger charge is -2.07. The van der Waals surface area contributed by atoms with E-state index in [2.05, 4.69) is 20.1 Å². The number of methoxy groups -OCH3 is 1. The van der Waals surface area contributed by atoms with Gasteiger partial charge in [-0.15, -0.1) is 11.3 Å². The number of aryl methyl sites for hydroxylation is 1. The fraction of sp³-hybridized carbons (Fsp3) is 0.211. The van der Waals surface area contributed by atoms with Crippen LogP contribution in [-0.4, -0.2) is 46.3 Å². The number of carbonyl (C=O) groups excluding carboxylic acids is 3. The van der Waals surface area contributed by atoms with E-state index in [9.17, 15) is 14.4 Å². The lowest BCUT2D eigenvalue weighted by atomic mass is 10.2. The quantitative estimate of drug-likeness (QED) is 0.590. The summed E-state index contributed by atoms with van der Waals surface area (Å²) in [4.78, 5) is 39.4. The van der Waals surface area contributed by atoms with Crippen molar-refractivity contribution in [1.82, 2.24) is 14.8 Å². The molecule has 2 heterocycles. The summed E-state index contributed by atoms with van der Waals surface area (Å²) in [7, 11) is 1.29. The number of nitrogens with one attached hydrogen (secondary N) is 1. The van der Waals surface area contributed by atoms with E-state index in [1.807, 2.05) is 13.0 Å². The van der Waals surface area contributed by atoms with Gasteiger partial charge < -0.3 is 9.47 Å². The highest BCUT2D eigenvalue weighted by Gasteiger charge is 2.13. The Morgan fingerprint density at radius 1 is 1.17 bits per heavy atom. The molecular weight excluding hydrogens is 396 g/mol. The molecule has 0 atom stereocenters. The van der Waals surface area contributed by atoms with Gasteiger partial charge in [0.25, 0.3) is 5.91 Å². The molecule has 0 aliphatic heterocycles. The lowest BCUT2D eigenvalue weighted by Crippen LogP contribution is -2.21. The fourth-order valence-electron chi connectivity index (χ4n) is 2.41. The molecule has 0 saturated carbocycles. The number of carbonyl (C=O) groups is 3. The fourth-order valence-corrected chi connectivity index (χ4v) is 3.14. The predicted octanol–water partition coefficient (Wildman–Crippen LogP) is 2.15. The molecule has 29 heavy (non-hydrogen) atoms. The molecule has 0 spiro atoms. The number of ether oxygens (including phenoxy) is 2. The van der Waals surface area contributed by atoms with Gasteiger partial charge in [0.15, 0.2) is 11.7 Å². The normalized spacial score (nSPS) is 10.4. The van der Waals surface area contributed by atoms with Crippen LogP contribution in [0.25, 0.3) is 5.69 Å². The van der Waals surface area contributed by atoms with Crippen molar-refractivity contribution in [1.29, 1.82) is 0 Å². The number of aromatic nitrogens is 3. The molecule has 0 bridgehead atoms. The third-order valence-corrected chi connectivity index (χ3v) is 4.67. The smallest absolute Gasteiger partial charge is 0.338 e. The molecule has 1 N–H and O–H groups in total. The highest BCUT2D eigenvalue weighted by molar-refractivity contribution is 7.13. The predicted molar refractivity (Wildman–Crippen MR) is 105 cm³/mol. The van der Waals surface area contributed by atoms with Crippen molar-refractivity contribution in [2.75, 3.05) is 19.0 Å². The molecule has 150 valence electrons. The molecule has 1 amide bonds. The Morgan fingerprint density at radius 3 is 2.59 bits per heavy atom. The van der Waals surface area contributed by atoms with Gasteiger partial charge in [-0.2, -0.15) is 5.10 Å². The molecule has 10 heteroatoms. The monoisotopic (exact) mass is 414 g/mol. The Hall–Kier alpha value is -3.53.